The number of halogens is 1. The molecule has 0 amide bonds. The van der Waals surface area contributed by atoms with Crippen LogP contribution in [0, 0.1) is 11.8 Å². The van der Waals surface area contributed by atoms with Crippen LogP contribution in [0.3, 0.4) is 0 Å². The van der Waals surface area contributed by atoms with E-state index in [0.29, 0.717) is 5.92 Å². The van der Waals surface area contributed by atoms with Crippen molar-refractivity contribution in [1.82, 2.24) is 5.32 Å². The van der Waals surface area contributed by atoms with E-state index in [1.165, 1.54) is 37.1 Å². The van der Waals surface area contributed by atoms with Crippen LogP contribution >= 0.6 is 11.6 Å². The van der Waals surface area contributed by atoms with Crippen molar-refractivity contribution in [2.75, 3.05) is 24.5 Å². The second-order valence-corrected chi connectivity index (χ2v) is 7.10. The molecule has 2 rings (SSSR count). The molecule has 1 aliphatic rings. The molecule has 21 heavy (non-hydrogen) atoms. The maximum atomic E-state index is 6.24. The van der Waals surface area contributed by atoms with Crippen LogP contribution in [0.1, 0.15) is 45.6 Å². The molecule has 1 aromatic carbocycles. The Morgan fingerprint density at radius 1 is 1.38 bits per heavy atom. The Labute approximate surface area is 134 Å². The van der Waals surface area contributed by atoms with Gasteiger partial charge in [0.2, 0.25) is 0 Å². The SMILES string of the molecule is CCC1CCCN(c2cc(Cl)ccc2CNCC(C)C)C1. The molecule has 118 valence electrons. The highest BCUT2D eigenvalue weighted by molar-refractivity contribution is 6.30. The first-order chi connectivity index (χ1) is 10.1. The van der Waals surface area contributed by atoms with E-state index in [2.05, 4.69) is 43.1 Å². The lowest BCUT2D eigenvalue weighted by Gasteiger charge is -2.35. The summed E-state index contributed by atoms with van der Waals surface area (Å²) in [5.41, 5.74) is 2.70. The van der Waals surface area contributed by atoms with Crippen molar-refractivity contribution in [1.29, 1.82) is 0 Å². The number of piperidine rings is 1. The van der Waals surface area contributed by atoms with Gasteiger partial charge in [0.25, 0.3) is 0 Å². The molecule has 0 radical (unpaired) electrons. The summed E-state index contributed by atoms with van der Waals surface area (Å²) in [6.07, 6.45) is 3.94. The van der Waals surface area contributed by atoms with Gasteiger partial charge < -0.3 is 10.2 Å². The molecule has 2 nitrogen and oxygen atoms in total. The molecule has 0 bridgehead atoms. The molecule has 0 spiro atoms. The summed E-state index contributed by atoms with van der Waals surface area (Å²) in [6.45, 7) is 11.1. The summed E-state index contributed by atoms with van der Waals surface area (Å²) in [5, 5.41) is 4.40. The van der Waals surface area contributed by atoms with E-state index >= 15 is 0 Å². The number of rotatable bonds is 6. The van der Waals surface area contributed by atoms with Crippen LogP contribution < -0.4 is 10.2 Å². The molecular formula is C18H29ClN2. The quantitative estimate of drug-likeness (QED) is 0.818. The minimum atomic E-state index is 0.681. The highest BCUT2D eigenvalue weighted by Gasteiger charge is 2.20. The highest BCUT2D eigenvalue weighted by atomic mass is 35.5. The fourth-order valence-corrected chi connectivity index (χ4v) is 3.26. The molecule has 1 saturated heterocycles. The minimum absolute atomic E-state index is 0.681. The largest absolute Gasteiger partial charge is 0.371 e. The summed E-state index contributed by atoms with van der Waals surface area (Å²) in [5.74, 6) is 1.51. The van der Waals surface area contributed by atoms with E-state index in [-0.39, 0.29) is 0 Å². The molecule has 1 fully saturated rings. The zero-order valence-corrected chi connectivity index (χ0v) is 14.4. The Balaban J connectivity index is 2.10. The Kier molecular flexibility index (Phi) is 6.38. The molecule has 3 heteroatoms. The Bertz CT molecular complexity index is 445. The van der Waals surface area contributed by atoms with Crippen molar-refractivity contribution < 1.29 is 0 Å². The molecule has 1 N–H and O–H groups in total. The molecule has 1 heterocycles. The van der Waals surface area contributed by atoms with Crippen molar-refractivity contribution in [3.05, 3.63) is 28.8 Å². The van der Waals surface area contributed by atoms with Gasteiger partial charge in [0, 0.05) is 30.3 Å². The molecule has 1 aromatic rings. The molecule has 1 aliphatic heterocycles. The number of nitrogens with zero attached hydrogens (tertiary/aromatic N) is 1. The first kappa shape index (κ1) is 16.6. The Morgan fingerprint density at radius 2 is 2.19 bits per heavy atom. The van der Waals surface area contributed by atoms with Crippen molar-refractivity contribution in [3.8, 4) is 0 Å². The van der Waals surface area contributed by atoms with Crippen molar-refractivity contribution in [2.24, 2.45) is 11.8 Å². The van der Waals surface area contributed by atoms with Crippen LogP contribution in [0.5, 0.6) is 0 Å². The topological polar surface area (TPSA) is 15.3 Å². The van der Waals surface area contributed by atoms with Gasteiger partial charge in [-0.1, -0.05) is 44.9 Å². The normalized spacial score (nSPS) is 19.3. The fourth-order valence-electron chi connectivity index (χ4n) is 3.09. The predicted molar refractivity (Wildman–Crippen MR) is 93.2 cm³/mol. The number of benzene rings is 1. The monoisotopic (exact) mass is 308 g/mol. The summed E-state index contributed by atoms with van der Waals surface area (Å²) < 4.78 is 0. The smallest absolute Gasteiger partial charge is 0.0426 e. The van der Waals surface area contributed by atoms with E-state index in [0.717, 1.165) is 30.6 Å². The van der Waals surface area contributed by atoms with Gasteiger partial charge in [-0.05, 0) is 48.9 Å². The van der Waals surface area contributed by atoms with Crippen LogP contribution in [0.2, 0.25) is 5.02 Å². The lowest BCUT2D eigenvalue weighted by molar-refractivity contribution is 0.404. The van der Waals surface area contributed by atoms with Gasteiger partial charge in [0.1, 0.15) is 0 Å². The molecule has 0 aliphatic carbocycles. The van der Waals surface area contributed by atoms with Gasteiger partial charge in [0.05, 0.1) is 0 Å². The van der Waals surface area contributed by atoms with E-state index in [4.69, 9.17) is 11.6 Å². The van der Waals surface area contributed by atoms with E-state index in [1.54, 1.807) is 0 Å². The van der Waals surface area contributed by atoms with Crippen LogP contribution in [0.4, 0.5) is 5.69 Å². The maximum absolute atomic E-state index is 6.24. The second kappa shape index (κ2) is 8.05. The second-order valence-electron chi connectivity index (χ2n) is 6.66. The van der Waals surface area contributed by atoms with Gasteiger partial charge in [-0.25, -0.2) is 0 Å². The number of nitrogens with one attached hydrogen (secondary N) is 1. The lowest BCUT2D eigenvalue weighted by atomic mass is 9.94. The van der Waals surface area contributed by atoms with Crippen LogP contribution in [0.25, 0.3) is 0 Å². The van der Waals surface area contributed by atoms with Crippen LogP contribution in [-0.2, 0) is 6.54 Å². The van der Waals surface area contributed by atoms with Gasteiger partial charge in [-0.3, -0.25) is 0 Å². The van der Waals surface area contributed by atoms with Gasteiger partial charge in [-0.15, -0.1) is 0 Å². The average Bonchev–Trinajstić information content (AvgIpc) is 2.48. The van der Waals surface area contributed by atoms with Crippen molar-refractivity contribution in [2.45, 2.75) is 46.6 Å². The van der Waals surface area contributed by atoms with Gasteiger partial charge in [0.15, 0.2) is 0 Å². The molecule has 1 unspecified atom stereocenters. The van der Waals surface area contributed by atoms with Crippen molar-refractivity contribution >= 4 is 17.3 Å². The third kappa shape index (κ3) is 4.89. The first-order valence-corrected chi connectivity index (χ1v) is 8.72. The Hall–Kier alpha value is -0.730. The van der Waals surface area contributed by atoms with E-state index < -0.39 is 0 Å². The maximum Gasteiger partial charge on any atom is 0.0426 e. The van der Waals surface area contributed by atoms with Crippen LogP contribution in [-0.4, -0.2) is 19.6 Å². The molecule has 0 saturated carbocycles. The highest BCUT2D eigenvalue weighted by Crippen LogP contribution is 2.30. The van der Waals surface area contributed by atoms with Gasteiger partial charge in [-0.2, -0.15) is 0 Å². The Morgan fingerprint density at radius 3 is 2.90 bits per heavy atom. The summed E-state index contributed by atoms with van der Waals surface area (Å²) >= 11 is 6.24. The third-order valence-electron chi connectivity index (χ3n) is 4.35. The zero-order valence-electron chi connectivity index (χ0n) is 13.7. The first-order valence-electron chi connectivity index (χ1n) is 8.34. The minimum Gasteiger partial charge on any atom is -0.371 e. The molecule has 1 atom stereocenters. The van der Waals surface area contributed by atoms with Crippen molar-refractivity contribution in [3.63, 3.8) is 0 Å². The third-order valence-corrected chi connectivity index (χ3v) is 4.59. The lowest BCUT2D eigenvalue weighted by Crippen LogP contribution is -2.36. The molecular weight excluding hydrogens is 280 g/mol. The zero-order chi connectivity index (χ0) is 15.2. The van der Waals surface area contributed by atoms with E-state index in [9.17, 15) is 0 Å². The number of hydrogen-bond acceptors (Lipinski definition) is 2. The number of anilines is 1. The van der Waals surface area contributed by atoms with E-state index in [1.807, 2.05) is 6.07 Å². The standard InChI is InChI=1S/C18H29ClN2/c1-4-15-6-5-9-21(13-15)18-10-17(19)8-7-16(18)12-20-11-14(2)3/h7-8,10,14-15,20H,4-6,9,11-13H2,1-3H3. The summed E-state index contributed by atoms with van der Waals surface area (Å²) in [6, 6.07) is 6.34. The van der Waals surface area contributed by atoms with Crippen LogP contribution in [0.15, 0.2) is 18.2 Å². The number of hydrogen-bond donors (Lipinski definition) is 1. The summed E-state index contributed by atoms with van der Waals surface area (Å²) in [4.78, 5) is 2.54. The summed E-state index contributed by atoms with van der Waals surface area (Å²) in [7, 11) is 0. The van der Waals surface area contributed by atoms with Gasteiger partial charge >= 0.3 is 0 Å². The average molecular weight is 309 g/mol. The fraction of sp³-hybridized carbons (Fsp3) is 0.667. The predicted octanol–water partition coefficient (Wildman–Crippen LogP) is 4.71. The molecule has 0 aromatic heterocycles.